The van der Waals surface area contributed by atoms with Crippen LogP contribution in [0.5, 0.6) is 11.5 Å². The number of sulfonamides is 1. The van der Waals surface area contributed by atoms with Gasteiger partial charge >= 0.3 is 5.97 Å². The van der Waals surface area contributed by atoms with Gasteiger partial charge in [0.05, 0.1) is 19.8 Å². The van der Waals surface area contributed by atoms with E-state index in [1.165, 1.54) is 44.6 Å². The minimum absolute atomic E-state index is 0.000872. The van der Waals surface area contributed by atoms with Gasteiger partial charge in [-0.2, -0.15) is 4.31 Å². The summed E-state index contributed by atoms with van der Waals surface area (Å²) in [5, 5.41) is 0. The summed E-state index contributed by atoms with van der Waals surface area (Å²) < 4.78 is 40.7. The highest BCUT2D eigenvalue weighted by Crippen LogP contribution is 2.31. The minimum atomic E-state index is -4.06. The van der Waals surface area contributed by atoms with Crippen molar-refractivity contribution >= 4 is 21.9 Å². The third kappa shape index (κ3) is 2.76. The number of hydrogen-bond donors (Lipinski definition) is 0. The average Bonchev–Trinajstić information content (AvgIpc) is 2.85. The Labute approximate surface area is 149 Å². The molecule has 0 bridgehead atoms. The highest BCUT2D eigenvalue weighted by atomic mass is 32.2. The topological polar surface area (TPSA) is 99.2 Å². The Balaban J connectivity index is 1.85. The second kappa shape index (κ2) is 6.68. The van der Waals surface area contributed by atoms with Crippen LogP contribution in [-0.2, 0) is 14.8 Å². The van der Waals surface area contributed by atoms with Crippen LogP contribution in [0.15, 0.2) is 47.4 Å². The van der Waals surface area contributed by atoms with Gasteiger partial charge in [0.2, 0.25) is 0 Å². The molecule has 0 atom stereocenters. The molecule has 1 aliphatic heterocycles. The van der Waals surface area contributed by atoms with Crippen LogP contribution in [0.4, 0.5) is 0 Å². The molecular formula is C17H15NO7S. The highest BCUT2D eigenvalue weighted by Gasteiger charge is 2.41. The van der Waals surface area contributed by atoms with Gasteiger partial charge in [-0.15, -0.1) is 0 Å². The lowest BCUT2D eigenvalue weighted by atomic mass is 10.2. The Morgan fingerprint density at radius 2 is 1.62 bits per heavy atom. The van der Waals surface area contributed by atoms with Crippen LogP contribution >= 0.6 is 0 Å². The van der Waals surface area contributed by atoms with Crippen molar-refractivity contribution in [2.75, 3.05) is 21.0 Å². The van der Waals surface area contributed by atoms with Crippen molar-refractivity contribution in [3.05, 3.63) is 53.6 Å². The van der Waals surface area contributed by atoms with E-state index in [1.807, 2.05) is 0 Å². The van der Waals surface area contributed by atoms with Gasteiger partial charge in [0.25, 0.3) is 15.9 Å². The van der Waals surface area contributed by atoms with Gasteiger partial charge in [-0.25, -0.2) is 13.2 Å². The molecular weight excluding hydrogens is 362 g/mol. The number of fused-ring (bicyclic) bond motifs is 1. The molecule has 0 saturated carbocycles. The molecule has 0 radical (unpaired) electrons. The minimum Gasteiger partial charge on any atom is -0.496 e. The van der Waals surface area contributed by atoms with Gasteiger partial charge < -0.3 is 14.2 Å². The van der Waals surface area contributed by atoms with E-state index in [9.17, 15) is 18.0 Å². The Kier molecular flexibility index (Phi) is 4.56. The molecule has 2 aromatic carbocycles. The van der Waals surface area contributed by atoms with E-state index in [-0.39, 0.29) is 27.5 Å². The predicted octanol–water partition coefficient (Wildman–Crippen LogP) is 1.66. The number of methoxy groups -OCH3 is 2. The molecule has 0 aromatic heterocycles. The van der Waals surface area contributed by atoms with E-state index in [1.54, 1.807) is 12.1 Å². The molecule has 1 heterocycles. The monoisotopic (exact) mass is 377 g/mol. The number of ether oxygens (including phenoxy) is 3. The van der Waals surface area contributed by atoms with Crippen LogP contribution in [0.3, 0.4) is 0 Å². The van der Waals surface area contributed by atoms with Crippen molar-refractivity contribution in [1.82, 2.24) is 4.31 Å². The van der Waals surface area contributed by atoms with Crippen LogP contribution in [0, 0.1) is 0 Å². The fourth-order valence-electron chi connectivity index (χ4n) is 2.60. The van der Waals surface area contributed by atoms with Crippen molar-refractivity contribution in [3.8, 4) is 11.5 Å². The first kappa shape index (κ1) is 17.7. The molecule has 2 aromatic rings. The number of rotatable bonds is 5. The Morgan fingerprint density at radius 1 is 1.00 bits per heavy atom. The molecule has 0 aliphatic carbocycles. The van der Waals surface area contributed by atoms with Crippen LogP contribution in [0.25, 0.3) is 0 Å². The van der Waals surface area contributed by atoms with E-state index < -0.39 is 28.6 Å². The normalized spacial score (nSPS) is 14.7. The Bertz CT molecular complexity index is 962. The van der Waals surface area contributed by atoms with Crippen molar-refractivity contribution in [3.63, 3.8) is 0 Å². The summed E-state index contributed by atoms with van der Waals surface area (Å²) >= 11 is 0. The van der Waals surface area contributed by atoms with Crippen molar-refractivity contribution in [2.24, 2.45) is 0 Å². The van der Waals surface area contributed by atoms with E-state index in [2.05, 4.69) is 0 Å². The largest absolute Gasteiger partial charge is 0.496 e. The third-order valence-corrected chi connectivity index (χ3v) is 5.62. The first-order chi connectivity index (χ1) is 12.4. The number of carbonyl (C=O) groups excluding carboxylic acids is 2. The van der Waals surface area contributed by atoms with Gasteiger partial charge in [-0.1, -0.05) is 18.2 Å². The Morgan fingerprint density at radius 3 is 2.19 bits per heavy atom. The van der Waals surface area contributed by atoms with E-state index >= 15 is 0 Å². The fraction of sp³-hybridized carbons (Fsp3) is 0.176. The predicted molar refractivity (Wildman–Crippen MR) is 89.6 cm³/mol. The van der Waals surface area contributed by atoms with Gasteiger partial charge in [-0.3, -0.25) is 4.79 Å². The second-order valence-electron chi connectivity index (χ2n) is 5.25. The lowest BCUT2D eigenvalue weighted by molar-refractivity contribution is 0.0352. The van der Waals surface area contributed by atoms with Crippen LogP contribution in [0.2, 0.25) is 0 Å². The maximum absolute atomic E-state index is 12.5. The molecule has 1 aliphatic rings. The molecule has 1 amide bonds. The maximum atomic E-state index is 12.5. The van der Waals surface area contributed by atoms with Gasteiger partial charge in [0, 0.05) is 0 Å². The summed E-state index contributed by atoms with van der Waals surface area (Å²) in [6.07, 6.45) is 0. The highest BCUT2D eigenvalue weighted by molar-refractivity contribution is 7.90. The van der Waals surface area contributed by atoms with Gasteiger partial charge in [-0.05, 0) is 24.3 Å². The second-order valence-corrected chi connectivity index (χ2v) is 7.08. The molecule has 0 saturated heterocycles. The first-order valence-corrected chi connectivity index (χ1v) is 8.90. The smallest absolute Gasteiger partial charge is 0.347 e. The Hall–Kier alpha value is -3.07. The molecule has 136 valence electrons. The SMILES string of the molecule is COc1cccc(OC)c1C(=O)OCN1C(=O)c2ccccc2S1(=O)=O. The summed E-state index contributed by atoms with van der Waals surface area (Å²) in [5.74, 6) is -1.22. The number of hydrogen-bond acceptors (Lipinski definition) is 7. The van der Waals surface area contributed by atoms with Gasteiger partial charge in [0.1, 0.15) is 22.0 Å². The average molecular weight is 377 g/mol. The fourth-order valence-corrected chi connectivity index (χ4v) is 4.03. The molecule has 26 heavy (non-hydrogen) atoms. The molecule has 0 spiro atoms. The molecule has 0 fully saturated rings. The quantitative estimate of drug-likeness (QED) is 0.731. The third-order valence-electron chi connectivity index (χ3n) is 3.86. The van der Waals surface area contributed by atoms with Crippen molar-refractivity contribution < 1.29 is 32.2 Å². The number of nitrogens with zero attached hydrogens (tertiary/aromatic N) is 1. The molecule has 0 N–H and O–H groups in total. The van der Waals surface area contributed by atoms with Crippen LogP contribution < -0.4 is 9.47 Å². The summed E-state index contributed by atoms with van der Waals surface area (Å²) in [5.41, 5.74) is 0.0393. The lowest BCUT2D eigenvalue weighted by Crippen LogP contribution is -2.33. The number of benzene rings is 2. The number of amides is 1. The van der Waals surface area contributed by atoms with Crippen LogP contribution in [0.1, 0.15) is 20.7 Å². The standard InChI is InChI=1S/C17H15NO7S/c1-23-12-7-5-8-13(24-2)15(12)17(20)25-10-18-16(19)11-6-3-4-9-14(11)26(18,21)22/h3-9H,10H2,1-2H3. The summed E-state index contributed by atoms with van der Waals surface area (Å²) in [4.78, 5) is 24.6. The van der Waals surface area contributed by atoms with E-state index in [0.717, 1.165) is 0 Å². The molecule has 3 rings (SSSR count). The number of carbonyl (C=O) groups is 2. The van der Waals surface area contributed by atoms with Gasteiger partial charge in [0.15, 0.2) is 6.73 Å². The van der Waals surface area contributed by atoms with E-state index in [0.29, 0.717) is 4.31 Å². The van der Waals surface area contributed by atoms with E-state index in [4.69, 9.17) is 14.2 Å². The number of esters is 1. The van der Waals surface area contributed by atoms with Crippen molar-refractivity contribution in [2.45, 2.75) is 4.90 Å². The zero-order valence-corrected chi connectivity index (χ0v) is 14.8. The molecule has 8 nitrogen and oxygen atoms in total. The van der Waals surface area contributed by atoms with Crippen molar-refractivity contribution in [1.29, 1.82) is 0 Å². The summed E-state index contributed by atoms with van der Waals surface area (Å²) in [7, 11) is -1.32. The zero-order valence-electron chi connectivity index (χ0n) is 14.0. The first-order valence-electron chi connectivity index (χ1n) is 7.46. The summed E-state index contributed by atoms with van der Waals surface area (Å²) in [6, 6.07) is 10.5. The zero-order chi connectivity index (χ0) is 18.9. The van der Waals surface area contributed by atoms with Crippen LogP contribution in [-0.4, -0.2) is 45.5 Å². The molecule has 9 heteroatoms. The summed E-state index contributed by atoms with van der Waals surface area (Å²) in [6.45, 7) is -0.754. The lowest BCUT2D eigenvalue weighted by Gasteiger charge is -2.16. The molecule has 0 unspecified atom stereocenters. The maximum Gasteiger partial charge on any atom is 0.347 e.